The summed E-state index contributed by atoms with van der Waals surface area (Å²) < 4.78 is 25.2. The Hall–Kier alpha value is -3.06. The summed E-state index contributed by atoms with van der Waals surface area (Å²) >= 11 is 0. The van der Waals surface area contributed by atoms with E-state index in [9.17, 15) is 9.18 Å². The van der Waals surface area contributed by atoms with Gasteiger partial charge in [-0.2, -0.15) is 0 Å². The van der Waals surface area contributed by atoms with Crippen molar-refractivity contribution in [2.75, 3.05) is 19.7 Å². The SMILES string of the molecule is Cc1cc(Cc2ccccc2F)cc([C@@H]2CN(C(=O)Cc3c(C)noc3C)CCO2)n1. The van der Waals surface area contributed by atoms with Gasteiger partial charge >= 0.3 is 0 Å². The van der Waals surface area contributed by atoms with E-state index in [0.29, 0.717) is 37.4 Å². The van der Waals surface area contributed by atoms with E-state index in [-0.39, 0.29) is 24.2 Å². The summed E-state index contributed by atoms with van der Waals surface area (Å²) in [5.74, 6) is 0.472. The first-order valence-electron chi connectivity index (χ1n) is 10.4. The molecule has 0 N–H and O–H groups in total. The smallest absolute Gasteiger partial charge is 0.227 e. The van der Waals surface area contributed by atoms with Crippen LogP contribution in [-0.2, 0) is 22.4 Å². The van der Waals surface area contributed by atoms with Gasteiger partial charge in [-0.1, -0.05) is 23.4 Å². The number of pyridine rings is 1. The molecule has 0 unspecified atom stereocenters. The normalized spacial score (nSPS) is 16.5. The Balaban J connectivity index is 1.49. The third-order valence-electron chi connectivity index (χ3n) is 5.64. The number of aromatic nitrogens is 2. The summed E-state index contributed by atoms with van der Waals surface area (Å²) in [5.41, 5.74) is 4.80. The highest BCUT2D eigenvalue weighted by molar-refractivity contribution is 5.79. The monoisotopic (exact) mass is 423 g/mol. The fraction of sp³-hybridized carbons (Fsp3) is 0.375. The first-order valence-corrected chi connectivity index (χ1v) is 10.4. The van der Waals surface area contributed by atoms with Crippen LogP contribution in [0.4, 0.5) is 4.39 Å². The number of hydrogen-bond acceptors (Lipinski definition) is 5. The van der Waals surface area contributed by atoms with Gasteiger partial charge in [0.2, 0.25) is 5.91 Å². The lowest BCUT2D eigenvalue weighted by Crippen LogP contribution is -2.43. The number of rotatable bonds is 5. The van der Waals surface area contributed by atoms with Crippen LogP contribution in [0.3, 0.4) is 0 Å². The summed E-state index contributed by atoms with van der Waals surface area (Å²) in [5, 5.41) is 3.93. The van der Waals surface area contributed by atoms with Gasteiger partial charge in [-0.3, -0.25) is 9.78 Å². The Morgan fingerprint density at radius 3 is 2.77 bits per heavy atom. The number of halogens is 1. The van der Waals surface area contributed by atoms with Crippen LogP contribution < -0.4 is 0 Å². The molecule has 1 aliphatic rings. The van der Waals surface area contributed by atoms with E-state index in [0.717, 1.165) is 28.2 Å². The standard InChI is InChI=1S/C24H26FN3O3/c1-15-10-18(11-19-6-4-5-7-21(19)25)12-22(26-15)23-14-28(8-9-30-23)24(29)13-20-16(2)27-31-17(20)3/h4-7,10,12,23H,8-9,11,13-14H2,1-3H3/t23-/m0/s1. The van der Waals surface area contributed by atoms with Gasteiger partial charge in [-0.25, -0.2) is 4.39 Å². The second-order valence-electron chi connectivity index (χ2n) is 7.99. The second kappa shape index (κ2) is 8.98. The molecule has 31 heavy (non-hydrogen) atoms. The van der Waals surface area contributed by atoms with Gasteiger partial charge in [0.1, 0.15) is 17.7 Å². The Morgan fingerprint density at radius 1 is 1.23 bits per heavy atom. The van der Waals surface area contributed by atoms with Crippen LogP contribution in [0.1, 0.15) is 45.6 Å². The molecule has 0 bridgehead atoms. The van der Waals surface area contributed by atoms with Crippen molar-refractivity contribution in [3.05, 3.63) is 81.7 Å². The Morgan fingerprint density at radius 2 is 2.03 bits per heavy atom. The molecule has 0 aliphatic carbocycles. The van der Waals surface area contributed by atoms with Gasteiger partial charge in [0.15, 0.2) is 0 Å². The molecule has 1 amide bonds. The van der Waals surface area contributed by atoms with E-state index >= 15 is 0 Å². The summed E-state index contributed by atoms with van der Waals surface area (Å²) in [6.07, 6.45) is 0.416. The summed E-state index contributed by atoms with van der Waals surface area (Å²) in [6, 6.07) is 10.7. The van der Waals surface area contributed by atoms with Crippen molar-refractivity contribution in [2.24, 2.45) is 0 Å². The lowest BCUT2D eigenvalue weighted by molar-refractivity contribution is -0.138. The first kappa shape index (κ1) is 21.2. The maximum absolute atomic E-state index is 14.1. The lowest BCUT2D eigenvalue weighted by Gasteiger charge is -2.33. The molecule has 4 rings (SSSR count). The molecule has 1 aliphatic heterocycles. The van der Waals surface area contributed by atoms with Gasteiger partial charge in [-0.15, -0.1) is 0 Å². The number of hydrogen-bond donors (Lipinski definition) is 0. The molecule has 1 fully saturated rings. The highest BCUT2D eigenvalue weighted by Gasteiger charge is 2.28. The van der Waals surface area contributed by atoms with E-state index < -0.39 is 0 Å². The van der Waals surface area contributed by atoms with Gasteiger partial charge in [0.25, 0.3) is 0 Å². The number of carbonyl (C=O) groups is 1. The Labute approximate surface area is 181 Å². The molecule has 3 heterocycles. The highest BCUT2D eigenvalue weighted by Crippen LogP contribution is 2.25. The van der Waals surface area contributed by atoms with Gasteiger partial charge < -0.3 is 14.2 Å². The van der Waals surface area contributed by atoms with E-state index in [2.05, 4.69) is 10.1 Å². The summed E-state index contributed by atoms with van der Waals surface area (Å²) in [7, 11) is 0. The van der Waals surface area contributed by atoms with Crippen LogP contribution in [0.15, 0.2) is 40.9 Å². The Bertz CT molecular complexity index is 1080. The van der Waals surface area contributed by atoms with Crippen LogP contribution in [-0.4, -0.2) is 40.6 Å². The van der Waals surface area contributed by atoms with E-state index in [4.69, 9.17) is 9.26 Å². The zero-order chi connectivity index (χ0) is 22.0. The molecule has 7 heteroatoms. The molecule has 0 spiro atoms. The van der Waals surface area contributed by atoms with Crippen molar-refractivity contribution in [1.29, 1.82) is 0 Å². The molecule has 1 saturated heterocycles. The average Bonchev–Trinajstić information content (AvgIpc) is 3.07. The minimum atomic E-state index is -0.318. The van der Waals surface area contributed by atoms with Crippen LogP contribution in [0.5, 0.6) is 0 Å². The molecular formula is C24H26FN3O3. The van der Waals surface area contributed by atoms with Crippen molar-refractivity contribution in [3.8, 4) is 0 Å². The van der Waals surface area contributed by atoms with Crippen LogP contribution in [0, 0.1) is 26.6 Å². The molecule has 162 valence electrons. The second-order valence-corrected chi connectivity index (χ2v) is 7.99. The largest absolute Gasteiger partial charge is 0.368 e. The van der Waals surface area contributed by atoms with Gasteiger partial charge in [0, 0.05) is 24.2 Å². The predicted molar refractivity (Wildman–Crippen MR) is 113 cm³/mol. The van der Waals surface area contributed by atoms with Crippen LogP contribution in [0.25, 0.3) is 0 Å². The third-order valence-corrected chi connectivity index (χ3v) is 5.64. The number of aryl methyl sites for hydroxylation is 3. The van der Waals surface area contributed by atoms with E-state index in [1.54, 1.807) is 17.0 Å². The minimum absolute atomic E-state index is 0.0157. The van der Waals surface area contributed by atoms with E-state index in [1.807, 2.05) is 39.0 Å². The molecule has 1 atom stereocenters. The maximum Gasteiger partial charge on any atom is 0.227 e. The molecular weight excluding hydrogens is 397 g/mol. The molecule has 0 saturated carbocycles. The van der Waals surface area contributed by atoms with Crippen molar-refractivity contribution in [2.45, 2.75) is 39.7 Å². The number of ether oxygens (including phenoxy) is 1. The van der Waals surface area contributed by atoms with Crippen molar-refractivity contribution >= 4 is 5.91 Å². The Kier molecular flexibility index (Phi) is 6.13. The average molecular weight is 423 g/mol. The fourth-order valence-electron chi connectivity index (χ4n) is 3.97. The predicted octanol–water partition coefficient (Wildman–Crippen LogP) is 3.87. The zero-order valence-corrected chi connectivity index (χ0v) is 18.0. The van der Waals surface area contributed by atoms with Crippen molar-refractivity contribution < 1.29 is 18.4 Å². The van der Waals surface area contributed by atoms with Crippen molar-refractivity contribution in [3.63, 3.8) is 0 Å². The molecule has 0 radical (unpaired) electrons. The molecule has 6 nitrogen and oxygen atoms in total. The molecule has 2 aromatic heterocycles. The summed E-state index contributed by atoms with van der Waals surface area (Å²) in [6.45, 7) is 6.98. The van der Waals surface area contributed by atoms with Crippen LogP contribution >= 0.6 is 0 Å². The third kappa shape index (κ3) is 4.82. The lowest BCUT2D eigenvalue weighted by atomic mass is 10.0. The number of morpholine rings is 1. The molecule has 1 aromatic carbocycles. The van der Waals surface area contributed by atoms with E-state index in [1.165, 1.54) is 6.07 Å². The zero-order valence-electron chi connectivity index (χ0n) is 18.0. The highest BCUT2D eigenvalue weighted by atomic mass is 19.1. The van der Waals surface area contributed by atoms with Crippen molar-refractivity contribution in [1.82, 2.24) is 15.0 Å². The van der Waals surface area contributed by atoms with Gasteiger partial charge in [-0.05, 0) is 50.1 Å². The minimum Gasteiger partial charge on any atom is -0.368 e. The van der Waals surface area contributed by atoms with Crippen LogP contribution in [0.2, 0.25) is 0 Å². The quantitative estimate of drug-likeness (QED) is 0.623. The van der Waals surface area contributed by atoms with Gasteiger partial charge in [0.05, 0.1) is 31.0 Å². The fourth-order valence-corrected chi connectivity index (χ4v) is 3.97. The number of benzene rings is 1. The number of carbonyl (C=O) groups excluding carboxylic acids is 1. The number of nitrogens with zero attached hydrogens (tertiary/aromatic N) is 3. The maximum atomic E-state index is 14.1. The summed E-state index contributed by atoms with van der Waals surface area (Å²) in [4.78, 5) is 19.3. The topological polar surface area (TPSA) is 68.5 Å². The molecule has 3 aromatic rings. The first-order chi connectivity index (χ1) is 14.9. The number of amides is 1.